The summed E-state index contributed by atoms with van der Waals surface area (Å²) in [4.78, 5) is 19.1. The van der Waals surface area contributed by atoms with E-state index in [1.165, 1.54) is 6.33 Å². The third-order valence-electron chi connectivity index (χ3n) is 3.56. The smallest absolute Gasteiger partial charge is 0.353 e. The van der Waals surface area contributed by atoms with Gasteiger partial charge < -0.3 is 15.4 Å². The largest absolute Gasteiger partial charge is 0.494 e. The van der Waals surface area contributed by atoms with Crippen molar-refractivity contribution in [2.75, 3.05) is 17.2 Å². The highest BCUT2D eigenvalue weighted by Crippen LogP contribution is 2.34. The molecule has 0 aliphatic rings. The molecule has 2 aromatic carbocycles. The van der Waals surface area contributed by atoms with Gasteiger partial charge in [0.15, 0.2) is 0 Å². The Labute approximate surface area is 170 Å². The third kappa shape index (κ3) is 4.79. The predicted octanol–water partition coefficient (Wildman–Crippen LogP) is 5.58. The summed E-state index contributed by atoms with van der Waals surface area (Å²) in [5.41, 5.74) is 0.765. The zero-order chi connectivity index (χ0) is 20.1. The van der Waals surface area contributed by atoms with Crippen LogP contribution in [0.25, 0.3) is 0 Å². The van der Waals surface area contributed by atoms with E-state index in [9.17, 15) is 10.1 Å². The van der Waals surface area contributed by atoms with Gasteiger partial charge in [-0.1, -0.05) is 23.2 Å². The fourth-order valence-electron chi connectivity index (χ4n) is 2.44. The minimum absolute atomic E-state index is 0.00627. The number of nitrogens with one attached hydrogen (secondary N) is 2. The quantitative estimate of drug-likeness (QED) is 0.380. The summed E-state index contributed by atoms with van der Waals surface area (Å²) in [7, 11) is 0. The molecular formula is C18H15Cl2N5O3. The van der Waals surface area contributed by atoms with Crippen molar-refractivity contribution in [3.63, 3.8) is 0 Å². The highest BCUT2D eigenvalue weighted by Gasteiger charge is 2.23. The van der Waals surface area contributed by atoms with E-state index >= 15 is 0 Å². The number of hydrogen-bond donors (Lipinski definition) is 2. The van der Waals surface area contributed by atoms with Crippen molar-refractivity contribution in [1.29, 1.82) is 0 Å². The van der Waals surface area contributed by atoms with E-state index in [0.717, 1.165) is 0 Å². The summed E-state index contributed by atoms with van der Waals surface area (Å²) in [5, 5.41) is 18.2. The van der Waals surface area contributed by atoms with Crippen molar-refractivity contribution in [3.05, 3.63) is 69.0 Å². The first-order valence-electron chi connectivity index (χ1n) is 8.18. The fraction of sp³-hybridized carbons (Fsp3) is 0.111. The molecule has 0 unspecified atom stereocenters. The summed E-state index contributed by atoms with van der Waals surface area (Å²) >= 11 is 12.0. The molecule has 2 N–H and O–H groups in total. The van der Waals surface area contributed by atoms with Gasteiger partial charge in [-0.3, -0.25) is 10.1 Å². The zero-order valence-corrected chi connectivity index (χ0v) is 16.2. The Hall–Kier alpha value is -3.10. The molecule has 10 heteroatoms. The van der Waals surface area contributed by atoms with Crippen LogP contribution in [-0.4, -0.2) is 21.5 Å². The van der Waals surface area contributed by atoms with Crippen LogP contribution in [0.4, 0.5) is 28.7 Å². The molecule has 0 saturated heterocycles. The van der Waals surface area contributed by atoms with Crippen molar-refractivity contribution in [3.8, 4) is 5.75 Å². The molecule has 0 fully saturated rings. The van der Waals surface area contributed by atoms with Crippen LogP contribution in [-0.2, 0) is 0 Å². The molecule has 0 atom stereocenters. The molecule has 0 bridgehead atoms. The molecule has 0 saturated carbocycles. The number of benzene rings is 2. The number of hydrogen-bond acceptors (Lipinski definition) is 7. The minimum atomic E-state index is -0.564. The van der Waals surface area contributed by atoms with E-state index < -0.39 is 4.92 Å². The lowest BCUT2D eigenvalue weighted by atomic mass is 10.3. The molecule has 8 nitrogen and oxygen atoms in total. The summed E-state index contributed by atoms with van der Waals surface area (Å²) < 4.78 is 5.38. The lowest BCUT2D eigenvalue weighted by molar-refractivity contribution is -0.383. The maximum atomic E-state index is 11.7. The van der Waals surface area contributed by atoms with Crippen LogP contribution in [0.2, 0.25) is 10.0 Å². The average Bonchev–Trinajstić information content (AvgIpc) is 2.62. The number of nitrogens with zero attached hydrogens (tertiary/aromatic N) is 3. The summed E-state index contributed by atoms with van der Waals surface area (Å²) in [6, 6.07) is 11.7. The van der Waals surface area contributed by atoms with Crippen LogP contribution in [0.3, 0.4) is 0 Å². The van der Waals surface area contributed by atoms with Gasteiger partial charge in [0, 0.05) is 21.4 Å². The number of ether oxygens (including phenoxy) is 1. The average molecular weight is 420 g/mol. The van der Waals surface area contributed by atoms with E-state index in [1.807, 2.05) is 6.92 Å². The van der Waals surface area contributed by atoms with E-state index in [0.29, 0.717) is 33.8 Å². The van der Waals surface area contributed by atoms with Crippen molar-refractivity contribution >= 4 is 51.9 Å². The Morgan fingerprint density at radius 3 is 2.11 bits per heavy atom. The lowest BCUT2D eigenvalue weighted by Gasteiger charge is -2.11. The SMILES string of the molecule is CCOc1ccc(Nc2ncnc(Nc3cc(Cl)cc(Cl)c3)c2[N+](=O)[O-])cc1. The fourth-order valence-corrected chi connectivity index (χ4v) is 2.96. The summed E-state index contributed by atoms with van der Waals surface area (Å²) in [6.07, 6.45) is 1.22. The Morgan fingerprint density at radius 2 is 1.57 bits per heavy atom. The van der Waals surface area contributed by atoms with E-state index in [-0.39, 0.29) is 17.3 Å². The second kappa shape index (κ2) is 8.73. The molecule has 1 aromatic heterocycles. The monoisotopic (exact) mass is 419 g/mol. The Kier molecular flexibility index (Phi) is 6.13. The van der Waals surface area contributed by atoms with E-state index in [4.69, 9.17) is 27.9 Å². The first kappa shape index (κ1) is 19.7. The van der Waals surface area contributed by atoms with Crippen molar-refractivity contribution < 1.29 is 9.66 Å². The number of anilines is 4. The van der Waals surface area contributed by atoms with Gasteiger partial charge in [-0.2, -0.15) is 0 Å². The van der Waals surface area contributed by atoms with E-state index in [1.54, 1.807) is 42.5 Å². The van der Waals surface area contributed by atoms with Crippen LogP contribution in [0, 0.1) is 10.1 Å². The molecule has 0 aliphatic carbocycles. The Balaban J connectivity index is 1.91. The summed E-state index contributed by atoms with van der Waals surface area (Å²) in [5.74, 6) is 0.747. The Bertz CT molecular complexity index is 979. The number of halogens is 2. The first-order valence-corrected chi connectivity index (χ1v) is 8.94. The van der Waals surface area contributed by atoms with Gasteiger partial charge in [-0.25, -0.2) is 9.97 Å². The Morgan fingerprint density at radius 1 is 1.00 bits per heavy atom. The molecule has 0 radical (unpaired) electrons. The maximum Gasteiger partial charge on any atom is 0.353 e. The maximum absolute atomic E-state index is 11.7. The van der Waals surface area contributed by atoms with Crippen LogP contribution in [0.5, 0.6) is 5.75 Å². The normalized spacial score (nSPS) is 10.4. The molecule has 0 amide bonds. The van der Waals surface area contributed by atoms with Gasteiger partial charge in [0.2, 0.25) is 11.6 Å². The topological polar surface area (TPSA) is 102 Å². The van der Waals surface area contributed by atoms with Crippen LogP contribution in [0.1, 0.15) is 6.92 Å². The van der Waals surface area contributed by atoms with Gasteiger partial charge in [0.05, 0.1) is 11.5 Å². The van der Waals surface area contributed by atoms with Crippen molar-refractivity contribution in [2.24, 2.45) is 0 Å². The highest BCUT2D eigenvalue weighted by molar-refractivity contribution is 6.35. The third-order valence-corrected chi connectivity index (χ3v) is 3.99. The van der Waals surface area contributed by atoms with Gasteiger partial charge in [0.25, 0.3) is 0 Å². The number of rotatable bonds is 7. The second-order valence-corrected chi connectivity index (χ2v) is 6.41. The highest BCUT2D eigenvalue weighted by atomic mass is 35.5. The molecule has 144 valence electrons. The van der Waals surface area contributed by atoms with Gasteiger partial charge in [-0.15, -0.1) is 0 Å². The molecule has 3 rings (SSSR count). The van der Waals surface area contributed by atoms with Gasteiger partial charge in [0.1, 0.15) is 12.1 Å². The van der Waals surface area contributed by atoms with Crippen LogP contribution >= 0.6 is 23.2 Å². The molecule has 3 aromatic rings. The standard InChI is InChI=1S/C18H15Cl2N5O3/c1-2-28-15-5-3-13(4-6-15)23-17-16(25(26)27)18(22-10-21-17)24-14-8-11(19)7-12(20)9-14/h3-10H,2H2,1H3,(H2,21,22,23,24). The van der Waals surface area contributed by atoms with Crippen molar-refractivity contribution in [2.45, 2.75) is 6.92 Å². The first-order chi connectivity index (χ1) is 13.5. The molecule has 0 aliphatic heterocycles. The van der Waals surface area contributed by atoms with E-state index in [2.05, 4.69) is 20.6 Å². The molecule has 1 heterocycles. The van der Waals surface area contributed by atoms with Gasteiger partial charge in [-0.05, 0) is 49.4 Å². The molecule has 0 spiro atoms. The molecular weight excluding hydrogens is 405 g/mol. The summed E-state index contributed by atoms with van der Waals surface area (Å²) in [6.45, 7) is 2.44. The van der Waals surface area contributed by atoms with Crippen LogP contribution < -0.4 is 15.4 Å². The second-order valence-electron chi connectivity index (χ2n) is 5.54. The molecule has 28 heavy (non-hydrogen) atoms. The lowest BCUT2D eigenvalue weighted by Crippen LogP contribution is -2.05. The number of nitro groups is 1. The minimum Gasteiger partial charge on any atom is -0.494 e. The predicted molar refractivity (Wildman–Crippen MR) is 109 cm³/mol. The van der Waals surface area contributed by atoms with Crippen LogP contribution in [0.15, 0.2) is 48.8 Å². The number of aromatic nitrogens is 2. The zero-order valence-electron chi connectivity index (χ0n) is 14.6. The van der Waals surface area contributed by atoms with Crippen molar-refractivity contribution in [1.82, 2.24) is 9.97 Å². The van der Waals surface area contributed by atoms with Gasteiger partial charge >= 0.3 is 5.69 Å².